The molecule has 0 spiro atoms. The first-order valence-electron chi connectivity index (χ1n) is 39.1. The molecule has 0 fully saturated rings. The summed E-state index contributed by atoms with van der Waals surface area (Å²) in [5.41, 5.74) is 0. The molecule has 0 rings (SSSR count). The lowest BCUT2D eigenvalue weighted by Crippen LogP contribution is -2.30. The fourth-order valence-electron chi connectivity index (χ4n) is 11.5. The Hall–Kier alpha value is -1.94. The number of esters is 4. The molecule has 94 heavy (non-hydrogen) atoms. The molecule has 0 bridgehead atoms. The molecule has 2 unspecified atom stereocenters. The maximum absolute atomic E-state index is 13.1. The van der Waals surface area contributed by atoms with Crippen molar-refractivity contribution < 1.29 is 80.2 Å². The van der Waals surface area contributed by atoms with Crippen molar-refractivity contribution in [2.75, 3.05) is 39.6 Å². The van der Waals surface area contributed by atoms with Crippen molar-refractivity contribution in [3.05, 3.63) is 0 Å². The van der Waals surface area contributed by atoms with Gasteiger partial charge in [0.05, 0.1) is 26.4 Å². The number of aliphatic hydroxyl groups is 1. The third kappa shape index (κ3) is 68.6. The van der Waals surface area contributed by atoms with Gasteiger partial charge in [0, 0.05) is 25.7 Å². The topological polar surface area (TPSA) is 237 Å². The van der Waals surface area contributed by atoms with Gasteiger partial charge >= 0.3 is 39.5 Å². The number of carbonyl (C=O) groups excluding carboxylic acids is 4. The fourth-order valence-corrected chi connectivity index (χ4v) is 13.1. The molecule has 0 aliphatic rings. The van der Waals surface area contributed by atoms with Gasteiger partial charge in [0.15, 0.2) is 12.2 Å². The highest BCUT2D eigenvalue weighted by atomic mass is 31.2. The van der Waals surface area contributed by atoms with Crippen LogP contribution in [0.5, 0.6) is 0 Å². The van der Waals surface area contributed by atoms with Crippen molar-refractivity contribution in [1.82, 2.24) is 0 Å². The number of aliphatic hydroxyl groups excluding tert-OH is 1. The molecular formula is C75H146O17P2. The maximum atomic E-state index is 13.1. The molecule has 0 aromatic carbocycles. The third-order valence-corrected chi connectivity index (χ3v) is 19.4. The molecule has 17 nitrogen and oxygen atoms in total. The van der Waals surface area contributed by atoms with Crippen LogP contribution < -0.4 is 0 Å². The average molecular weight is 1380 g/mol. The second-order valence-corrected chi connectivity index (χ2v) is 30.4. The number of unbranched alkanes of at least 4 members (excludes halogenated alkanes) is 47. The lowest BCUT2D eigenvalue weighted by molar-refractivity contribution is -0.161. The van der Waals surface area contributed by atoms with E-state index in [2.05, 4.69) is 34.6 Å². The van der Waals surface area contributed by atoms with Gasteiger partial charge in [-0.2, -0.15) is 0 Å². The quantitative estimate of drug-likeness (QED) is 0.0222. The molecule has 0 aliphatic carbocycles. The van der Waals surface area contributed by atoms with E-state index in [4.69, 9.17) is 37.0 Å². The van der Waals surface area contributed by atoms with Crippen LogP contribution in [0, 0.1) is 5.92 Å². The Morgan fingerprint density at radius 2 is 0.489 bits per heavy atom. The first kappa shape index (κ1) is 92.1. The normalized spacial score (nSPS) is 14.0. The van der Waals surface area contributed by atoms with Gasteiger partial charge in [-0.1, -0.05) is 343 Å². The number of hydrogen-bond acceptors (Lipinski definition) is 15. The average Bonchev–Trinajstić information content (AvgIpc) is 2.18. The Morgan fingerprint density at radius 3 is 0.723 bits per heavy atom. The summed E-state index contributed by atoms with van der Waals surface area (Å²) in [4.78, 5) is 72.7. The summed E-state index contributed by atoms with van der Waals surface area (Å²) in [6.07, 6.45) is 56.9. The van der Waals surface area contributed by atoms with Crippen molar-refractivity contribution in [1.29, 1.82) is 0 Å². The van der Waals surface area contributed by atoms with Crippen LogP contribution in [0.2, 0.25) is 0 Å². The summed E-state index contributed by atoms with van der Waals surface area (Å²) in [5, 5.41) is 10.6. The maximum Gasteiger partial charge on any atom is 0.472 e. The first-order valence-corrected chi connectivity index (χ1v) is 42.1. The minimum Gasteiger partial charge on any atom is -0.462 e. The van der Waals surface area contributed by atoms with Crippen LogP contribution in [0.4, 0.5) is 0 Å². The summed E-state index contributed by atoms with van der Waals surface area (Å²) in [5.74, 6) is -1.40. The summed E-state index contributed by atoms with van der Waals surface area (Å²) in [6, 6.07) is 0. The van der Waals surface area contributed by atoms with E-state index < -0.39 is 97.5 Å². The van der Waals surface area contributed by atoms with Gasteiger partial charge in [-0.25, -0.2) is 9.13 Å². The molecule has 0 radical (unpaired) electrons. The van der Waals surface area contributed by atoms with E-state index >= 15 is 0 Å². The van der Waals surface area contributed by atoms with Crippen molar-refractivity contribution in [3.63, 3.8) is 0 Å². The molecule has 0 heterocycles. The number of hydrogen-bond donors (Lipinski definition) is 3. The van der Waals surface area contributed by atoms with Crippen LogP contribution in [-0.2, 0) is 65.4 Å². The SMILES string of the molecule is CCCCCCCCCCCCCCCCCCCC(=O)O[C@H](COC(=O)CCCCCCCCCCCCCCCCCC)COP(=O)(O)OC[C@@H](O)COP(=O)(O)OC[C@@H](COC(=O)CCCCCCCCCCCC)OC(=O)CCCCCCCCCCC(C)C. The van der Waals surface area contributed by atoms with Crippen LogP contribution in [-0.4, -0.2) is 96.7 Å². The van der Waals surface area contributed by atoms with Crippen molar-refractivity contribution in [3.8, 4) is 0 Å². The van der Waals surface area contributed by atoms with Crippen LogP contribution in [0.15, 0.2) is 0 Å². The highest BCUT2D eigenvalue weighted by Crippen LogP contribution is 2.45. The zero-order valence-corrected chi connectivity index (χ0v) is 62.9. The van der Waals surface area contributed by atoms with E-state index in [0.717, 1.165) is 95.8 Å². The summed E-state index contributed by atoms with van der Waals surface area (Å²) in [6.45, 7) is 7.24. The van der Waals surface area contributed by atoms with E-state index in [0.29, 0.717) is 25.7 Å². The predicted octanol–water partition coefficient (Wildman–Crippen LogP) is 22.1. The Balaban J connectivity index is 5.23. The molecule has 558 valence electrons. The number of rotatable bonds is 75. The van der Waals surface area contributed by atoms with Crippen molar-refractivity contribution in [2.24, 2.45) is 5.92 Å². The first-order chi connectivity index (χ1) is 45.5. The minimum absolute atomic E-state index is 0.105. The molecule has 0 saturated heterocycles. The molecular weight excluding hydrogens is 1230 g/mol. The van der Waals surface area contributed by atoms with Crippen molar-refractivity contribution in [2.45, 2.75) is 412 Å². The fraction of sp³-hybridized carbons (Fsp3) is 0.947. The highest BCUT2D eigenvalue weighted by molar-refractivity contribution is 7.47. The molecule has 0 saturated carbocycles. The molecule has 0 aromatic rings. The standard InChI is InChI=1S/C75H146O17P2/c1-6-9-12-15-18-21-24-26-28-30-32-34-36-39-45-50-55-60-74(79)91-70(64-86-73(78)59-54-49-44-38-35-33-31-29-27-25-22-19-16-13-10-7-2)66-89-93(81,82)87-62-69(76)63-88-94(83,84)90-67-71(65-85-72(77)58-53-48-43-37-23-20-17-14-11-8-3)92-75(80)61-56-51-46-41-40-42-47-52-57-68(4)5/h68-71,76H,6-67H2,1-5H3,(H,81,82)(H,83,84)/t69-,70-,71-/m1/s1. The molecule has 0 amide bonds. The van der Waals surface area contributed by atoms with Crippen LogP contribution in [0.25, 0.3) is 0 Å². The molecule has 5 atom stereocenters. The molecule has 19 heteroatoms. The smallest absolute Gasteiger partial charge is 0.462 e. The highest BCUT2D eigenvalue weighted by Gasteiger charge is 2.30. The summed E-state index contributed by atoms with van der Waals surface area (Å²) >= 11 is 0. The van der Waals surface area contributed by atoms with Gasteiger partial charge in [-0.15, -0.1) is 0 Å². The Kier molecular flexibility index (Phi) is 66.8. The number of carbonyl (C=O) groups is 4. The van der Waals surface area contributed by atoms with Gasteiger partial charge in [0.2, 0.25) is 0 Å². The second-order valence-electron chi connectivity index (χ2n) is 27.5. The number of phosphoric ester groups is 2. The minimum atomic E-state index is -4.96. The zero-order chi connectivity index (χ0) is 69.1. The van der Waals surface area contributed by atoms with E-state index in [1.165, 1.54) is 218 Å². The largest absolute Gasteiger partial charge is 0.472 e. The van der Waals surface area contributed by atoms with Crippen LogP contribution in [0.1, 0.15) is 394 Å². The number of phosphoric acid groups is 2. The Morgan fingerprint density at radius 1 is 0.287 bits per heavy atom. The van der Waals surface area contributed by atoms with E-state index in [1.807, 2.05) is 0 Å². The summed E-state index contributed by atoms with van der Waals surface area (Å²) < 4.78 is 68.5. The monoisotopic (exact) mass is 1380 g/mol. The van der Waals surface area contributed by atoms with E-state index in [1.54, 1.807) is 0 Å². The Labute approximate surface area is 575 Å². The molecule has 0 aliphatic heterocycles. The van der Waals surface area contributed by atoms with E-state index in [9.17, 15) is 43.2 Å². The van der Waals surface area contributed by atoms with Crippen LogP contribution in [0.3, 0.4) is 0 Å². The van der Waals surface area contributed by atoms with Gasteiger partial charge in [-0.05, 0) is 31.6 Å². The zero-order valence-electron chi connectivity index (χ0n) is 61.1. The molecule has 3 N–H and O–H groups in total. The summed E-state index contributed by atoms with van der Waals surface area (Å²) in [7, 11) is -9.91. The lowest BCUT2D eigenvalue weighted by Gasteiger charge is -2.21. The van der Waals surface area contributed by atoms with Gasteiger partial charge in [0.1, 0.15) is 19.3 Å². The second kappa shape index (κ2) is 68.2. The lowest BCUT2D eigenvalue weighted by atomic mass is 10.0. The van der Waals surface area contributed by atoms with Gasteiger partial charge in [-0.3, -0.25) is 37.3 Å². The van der Waals surface area contributed by atoms with Gasteiger partial charge in [0.25, 0.3) is 0 Å². The van der Waals surface area contributed by atoms with Crippen molar-refractivity contribution >= 4 is 39.5 Å². The van der Waals surface area contributed by atoms with Gasteiger partial charge < -0.3 is 33.8 Å². The number of ether oxygens (including phenoxy) is 4. The third-order valence-electron chi connectivity index (χ3n) is 17.5. The molecule has 0 aromatic heterocycles. The van der Waals surface area contributed by atoms with Crippen LogP contribution >= 0.6 is 15.6 Å². The van der Waals surface area contributed by atoms with E-state index in [-0.39, 0.29) is 25.7 Å². The predicted molar refractivity (Wildman–Crippen MR) is 382 cm³/mol. The Bertz CT molecular complexity index is 1810.